The second-order valence-corrected chi connectivity index (χ2v) is 9.33. The molecule has 10 heteroatoms. The summed E-state index contributed by atoms with van der Waals surface area (Å²) in [6.45, 7) is 2.08. The monoisotopic (exact) mass is 514 g/mol. The van der Waals surface area contributed by atoms with Crippen LogP contribution < -0.4 is 14.2 Å². The van der Waals surface area contributed by atoms with E-state index in [-0.39, 0.29) is 23.6 Å². The molecule has 0 radical (unpaired) electrons. The smallest absolute Gasteiger partial charge is 0.493 e. The number of non-ortho nitro benzene ring substituents is 1. The van der Waals surface area contributed by atoms with Crippen molar-refractivity contribution in [2.24, 2.45) is 0 Å². The fourth-order valence-electron chi connectivity index (χ4n) is 5.10. The van der Waals surface area contributed by atoms with Crippen LogP contribution in [0.25, 0.3) is 0 Å². The second kappa shape index (κ2) is 12.7. The van der Waals surface area contributed by atoms with Crippen LogP contribution in [-0.4, -0.2) is 68.1 Å². The summed E-state index contributed by atoms with van der Waals surface area (Å²) in [5.41, 5.74) is 1.06. The van der Waals surface area contributed by atoms with E-state index in [0.29, 0.717) is 30.7 Å². The molecule has 1 aliphatic heterocycles. The molecule has 0 spiro atoms. The van der Waals surface area contributed by atoms with Gasteiger partial charge in [-0.15, -0.1) is 0 Å². The van der Waals surface area contributed by atoms with Gasteiger partial charge in [-0.1, -0.05) is 18.9 Å². The molecule has 0 bridgehead atoms. The zero-order valence-corrected chi connectivity index (χ0v) is 21.3. The lowest BCUT2D eigenvalue weighted by molar-refractivity contribution is -0.384. The fourth-order valence-corrected chi connectivity index (χ4v) is 5.10. The van der Waals surface area contributed by atoms with Gasteiger partial charge in [-0.3, -0.25) is 15.0 Å². The second-order valence-electron chi connectivity index (χ2n) is 9.33. The molecular formula is C27H34N2O8. The summed E-state index contributed by atoms with van der Waals surface area (Å²) in [7, 11) is 3.26. The Balaban J connectivity index is 1.25. The minimum Gasteiger partial charge on any atom is -0.493 e. The maximum absolute atomic E-state index is 12.3. The van der Waals surface area contributed by atoms with E-state index in [1.54, 1.807) is 14.2 Å². The average molecular weight is 515 g/mol. The van der Waals surface area contributed by atoms with Crippen molar-refractivity contribution in [3.05, 3.63) is 58.1 Å². The maximum atomic E-state index is 12.3. The van der Waals surface area contributed by atoms with Gasteiger partial charge in [0, 0.05) is 31.3 Å². The number of ether oxygens (including phenoxy) is 5. The number of carbonyl (C=O) groups is 1. The number of nitro groups is 1. The summed E-state index contributed by atoms with van der Waals surface area (Å²) in [6, 6.07) is 11.5. The molecule has 1 saturated heterocycles. The van der Waals surface area contributed by atoms with E-state index in [0.717, 1.165) is 50.6 Å². The standard InChI is InChI=1S/C27H34N2O8/c1-33-25-12-7-19(17-26(25)34-2)14-16-35-24-6-4-3-5-23(24)28-15-13-22(18-28)37-27(30)36-21-10-8-20(9-11-21)29(31)32/h7-12,17,22-24H,3-6,13-16,18H2,1-2H3/t22-,23-,24-/m1/s1. The van der Waals surface area contributed by atoms with Crippen molar-refractivity contribution in [1.29, 1.82) is 0 Å². The van der Waals surface area contributed by atoms with Crippen LogP contribution in [0.2, 0.25) is 0 Å². The lowest BCUT2D eigenvalue weighted by atomic mass is 9.91. The third kappa shape index (κ3) is 7.11. The Hall–Kier alpha value is -3.37. The van der Waals surface area contributed by atoms with Crippen LogP contribution in [-0.2, 0) is 15.9 Å². The topological polar surface area (TPSA) is 110 Å². The van der Waals surface area contributed by atoms with Crippen LogP contribution in [0.15, 0.2) is 42.5 Å². The summed E-state index contributed by atoms with van der Waals surface area (Å²) < 4.78 is 27.8. The van der Waals surface area contributed by atoms with Crippen LogP contribution in [0.1, 0.15) is 37.7 Å². The number of rotatable bonds is 10. The first-order valence-corrected chi connectivity index (χ1v) is 12.7. The average Bonchev–Trinajstić information content (AvgIpc) is 3.37. The van der Waals surface area contributed by atoms with E-state index < -0.39 is 11.1 Å². The van der Waals surface area contributed by atoms with Gasteiger partial charge in [0.2, 0.25) is 0 Å². The van der Waals surface area contributed by atoms with Crippen LogP contribution in [0.5, 0.6) is 17.2 Å². The molecule has 37 heavy (non-hydrogen) atoms. The van der Waals surface area contributed by atoms with Gasteiger partial charge in [-0.2, -0.15) is 0 Å². The van der Waals surface area contributed by atoms with Gasteiger partial charge in [-0.05, 0) is 55.5 Å². The molecule has 0 unspecified atom stereocenters. The Bertz CT molecular complexity index is 1060. The van der Waals surface area contributed by atoms with Gasteiger partial charge in [-0.25, -0.2) is 4.79 Å². The van der Waals surface area contributed by atoms with Crippen LogP contribution in [0.4, 0.5) is 10.5 Å². The van der Waals surface area contributed by atoms with E-state index in [1.165, 1.54) is 24.3 Å². The summed E-state index contributed by atoms with van der Waals surface area (Å²) >= 11 is 0. The van der Waals surface area contributed by atoms with Crippen LogP contribution in [0, 0.1) is 10.1 Å². The first kappa shape index (κ1) is 26.7. The minimum absolute atomic E-state index is 0.0693. The van der Waals surface area contributed by atoms with Gasteiger partial charge < -0.3 is 23.7 Å². The van der Waals surface area contributed by atoms with E-state index in [1.807, 2.05) is 18.2 Å². The highest BCUT2D eigenvalue weighted by molar-refractivity contribution is 5.64. The molecule has 4 rings (SSSR count). The van der Waals surface area contributed by atoms with Gasteiger partial charge in [0.25, 0.3) is 5.69 Å². The minimum atomic E-state index is -0.799. The highest BCUT2D eigenvalue weighted by atomic mass is 16.7. The molecule has 1 saturated carbocycles. The molecular weight excluding hydrogens is 480 g/mol. The van der Waals surface area contributed by atoms with Crippen molar-refractivity contribution in [1.82, 2.24) is 4.90 Å². The fraction of sp³-hybridized carbons (Fsp3) is 0.519. The number of likely N-dealkylation sites (tertiary alicyclic amines) is 1. The van der Waals surface area contributed by atoms with Crippen molar-refractivity contribution < 1.29 is 33.4 Å². The van der Waals surface area contributed by atoms with Gasteiger partial charge in [0.1, 0.15) is 11.9 Å². The predicted octanol–water partition coefficient (Wildman–Crippen LogP) is 4.77. The number of methoxy groups -OCH3 is 2. The lowest BCUT2D eigenvalue weighted by Crippen LogP contribution is -2.46. The van der Waals surface area contributed by atoms with E-state index in [2.05, 4.69) is 4.90 Å². The third-order valence-corrected chi connectivity index (χ3v) is 7.00. The molecule has 2 aromatic carbocycles. The first-order chi connectivity index (χ1) is 18.0. The zero-order chi connectivity index (χ0) is 26.2. The Kier molecular flexibility index (Phi) is 9.19. The van der Waals surface area contributed by atoms with Gasteiger partial charge in [0.15, 0.2) is 11.5 Å². The normalized spacial score (nSPS) is 21.8. The molecule has 3 atom stereocenters. The van der Waals surface area contributed by atoms with Crippen molar-refractivity contribution in [2.75, 3.05) is 33.9 Å². The number of hydrogen-bond donors (Lipinski definition) is 0. The molecule has 0 N–H and O–H groups in total. The molecule has 2 aliphatic rings. The van der Waals surface area contributed by atoms with Crippen molar-refractivity contribution >= 4 is 11.8 Å². The summed E-state index contributed by atoms with van der Waals surface area (Å²) in [5.74, 6) is 1.63. The number of nitrogens with zero attached hydrogens (tertiary/aromatic N) is 2. The number of carbonyl (C=O) groups excluding carboxylic acids is 1. The number of hydrogen-bond acceptors (Lipinski definition) is 9. The highest BCUT2D eigenvalue weighted by Gasteiger charge is 2.36. The molecule has 0 aromatic heterocycles. The Morgan fingerprint density at radius 3 is 2.51 bits per heavy atom. The molecule has 1 heterocycles. The Morgan fingerprint density at radius 1 is 1.03 bits per heavy atom. The lowest BCUT2D eigenvalue weighted by Gasteiger charge is -2.37. The summed E-state index contributed by atoms with van der Waals surface area (Å²) in [4.78, 5) is 24.9. The molecule has 2 fully saturated rings. The quantitative estimate of drug-likeness (QED) is 0.192. The molecule has 10 nitrogen and oxygen atoms in total. The molecule has 0 amide bonds. The predicted molar refractivity (Wildman–Crippen MR) is 135 cm³/mol. The molecule has 200 valence electrons. The van der Waals surface area contributed by atoms with E-state index in [4.69, 9.17) is 23.7 Å². The summed E-state index contributed by atoms with van der Waals surface area (Å²) in [6.07, 6.45) is 4.96. The molecule has 2 aromatic rings. The SMILES string of the molecule is COc1ccc(CCO[C@@H]2CCCC[C@H]2N2CC[C@@H](OC(=O)Oc3ccc([N+](=O)[O-])cc3)C2)cc1OC. The zero-order valence-electron chi connectivity index (χ0n) is 21.3. The first-order valence-electron chi connectivity index (χ1n) is 12.7. The third-order valence-electron chi connectivity index (χ3n) is 7.00. The Morgan fingerprint density at radius 2 is 1.78 bits per heavy atom. The van der Waals surface area contributed by atoms with Gasteiger partial charge in [0.05, 0.1) is 31.9 Å². The molecule has 1 aliphatic carbocycles. The van der Waals surface area contributed by atoms with Crippen molar-refractivity contribution in [3.63, 3.8) is 0 Å². The van der Waals surface area contributed by atoms with E-state index >= 15 is 0 Å². The van der Waals surface area contributed by atoms with Crippen molar-refractivity contribution in [2.45, 2.75) is 56.8 Å². The number of benzene rings is 2. The number of nitro benzene ring substituents is 1. The Labute approximate surface area is 216 Å². The highest BCUT2D eigenvalue weighted by Crippen LogP contribution is 2.30. The largest absolute Gasteiger partial charge is 0.514 e. The summed E-state index contributed by atoms with van der Waals surface area (Å²) in [5, 5.41) is 10.8. The maximum Gasteiger partial charge on any atom is 0.514 e. The van der Waals surface area contributed by atoms with Crippen LogP contribution >= 0.6 is 0 Å². The van der Waals surface area contributed by atoms with E-state index in [9.17, 15) is 14.9 Å². The van der Waals surface area contributed by atoms with Gasteiger partial charge >= 0.3 is 6.16 Å². The van der Waals surface area contributed by atoms with Crippen molar-refractivity contribution in [3.8, 4) is 17.2 Å². The van der Waals surface area contributed by atoms with Crippen LogP contribution in [0.3, 0.4) is 0 Å².